The predicted molar refractivity (Wildman–Crippen MR) is 114 cm³/mol. The second-order valence-corrected chi connectivity index (χ2v) is 8.37. The fourth-order valence-corrected chi connectivity index (χ4v) is 4.61. The summed E-state index contributed by atoms with van der Waals surface area (Å²) in [7, 11) is 3.45. The van der Waals surface area contributed by atoms with E-state index in [1.165, 1.54) is 12.1 Å². The van der Waals surface area contributed by atoms with Gasteiger partial charge in [0.15, 0.2) is 0 Å². The molecule has 10 heteroatoms. The van der Waals surface area contributed by atoms with Crippen molar-refractivity contribution < 1.29 is 23.9 Å². The first kappa shape index (κ1) is 23.2. The van der Waals surface area contributed by atoms with Gasteiger partial charge in [-0.15, -0.1) is 0 Å². The number of nitrogens with zero attached hydrogens (tertiary/aromatic N) is 5. The minimum absolute atomic E-state index is 0.0194. The zero-order chi connectivity index (χ0) is 23.4. The van der Waals surface area contributed by atoms with E-state index in [4.69, 9.17) is 9.90 Å². The predicted octanol–water partition coefficient (Wildman–Crippen LogP) is 1.84. The molecular formula is C22H28FN5O4. The number of aromatic nitrogens is 2. The van der Waals surface area contributed by atoms with E-state index >= 15 is 0 Å². The lowest BCUT2D eigenvalue weighted by Crippen LogP contribution is -2.42. The van der Waals surface area contributed by atoms with Crippen LogP contribution < -0.4 is 0 Å². The van der Waals surface area contributed by atoms with Gasteiger partial charge >= 0.3 is 6.03 Å². The van der Waals surface area contributed by atoms with Gasteiger partial charge in [-0.1, -0.05) is 12.1 Å². The normalized spacial score (nSPS) is 21.6. The van der Waals surface area contributed by atoms with Crippen molar-refractivity contribution in [2.45, 2.75) is 19.5 Å². The highest BCUT2D eigenvalue weighted by molar-refractivity contribution is 5.77. The van der Waals surface area contributed by atoms with Gasteiger partial charge in [-0.3, -0.25) is 14.3 Å². The fraction of sp³-hybridized carbons (Fsp3) is 0.455. The lowest BCUT2D eigenvalue weighted by atomic mass is 9.89. The fourth-order valence-electron chi connectivity index (χ4n) is 4.61. The minimum Gasteiger partial charge on any atom is -0.483 e. The van der Waals surface area contributed by atoms with Gasteiger partial charge in [-0.05, 0) is 30.2 Å². The SMILES string of the molecule is Cc1cnn(CC(=O)N2C[C@@H]3CN(C(=O)N(C)C)[C@@H](c4cccc(F)c4)[C@@H]3C2)c1.O=CO. The average Bonchev–Trinajstić information content (AvgIpc) is 3.41. The van der Waals surface area contributed by atoms with E-state index < -0.39 is 0 Å². The summed E-state index contributed by atoms with van der Waals surface area (Å²) in [5.41, 5.74) is 1.80. The molecule has 2 aliphatic heterocycles. The second-order valence-electron chi connectivity index (χ2n) is 8.37. The Hall–Kier alpha value is -3.43. The number of amides is 3. The number of halogens is 1. The van der Waals surface area contributed by atoms with Crippen LogP contribution in [0.15, 0.2) is 36.7 Å². The van der Waals surface area contributed by atoms with E-state index in [2.05, 4.69) is 5.10 Å². The first-order valence-corrected chi connectivity index (χ1v) is 10.3. The van der Waals surface area contributed by atoms with Crippen molar-refractivity contribution in [3.63, 3.8) is 0 Å². The van der Waals surface area contributed by atoms with Crippen LogP contribution in [0.3, 0.4) is 0 Å². The summed E-state index contributed by atoms with van der Waals surface area (Å²) < 4.78 is 15.6. The monoisotopic (exact) mass is 445 g/mol. The van der Waals surface area contributed by atoms with E-state index in [1.807, 2.05) is 29.0 Å². The number of likely N-dealkylation sites (tertiary alicyclic amines) is 2. The molecule has 3 amide bonds. The number of carbonyl (C=O) groups is 3. The zero-order valence-corrected chi connectivity index (χ0v) is 18.4. The molecular weight excluding hydrogens is 417 g/mol. The second kappa shape index (κ2) is 9.80. The quantitative estimate of drug-likeness (QED) is 0.727. The molecule has 0 aliphatic carbocycles. The Morgan fingerprint density at radius 1 is 1.28 bits per heavy atom. The van der Waals surface area contributed by atoms with Gasteiger partial charge in [-0.25, -0.2) is 9.18 Å². The lowest BCUT2D eigenvalue weighted by Gasteiger charge is -2.32. The number of hydrogen-bond acceptors (Lipinski definition) is 4. The highest BCUT2D eigenvalue weighted by Crippen LogP contribution is 2.45. The number of fused-ring (bicyclic) bond motifs is 1. The van der Waals surface area contributed by atoms with Crippen LogP contribution in [0, 0.1) is 24.6 Å². The molecule has 0 saturated carbocycles. The summed E-state index contributed by atoms with van der Waals surface area (Å²) in [5.74, 6) is -0.0337. The Morgan fingerprint density at radius 2 is 2.00 bits per heavy atom. The summed E-state index contributed by atoms with van der Waals surface area (Å²) in [6, 6.07) is 6.12. The topological polar surface area (TPSA) is 99.0 Å². The first-order valence-electron chi connectivity index (χ1n) is 10.3. The van der Waals surface area contributed by atoms with Crippen molar-refractivity contribution >= 4 is 18.4 Å². The van der Waals surface area contributed by atoms with Crippen LogP contribution >= 0.6 is 0 Å². The maximum Gasteiger partial charge on any atom is 0.320 e. The van der Waals surface area contributed by atoms with Gasteiger partial charge in [0.1, 0.15) is 12.4 Å². The lowest BCUT2D eigenvalue weighted by molar-refractivity contribution is -0.131. The number of carbonyl (C=O) groups excluding carboxylic acids is 2. The summed E-state index contributed by atoms with van der Waals surface area (Å²) >= 11 is 0. The summed E-state index contributed by atoms with van der Waals surface area (Å²) in [6.45, 7) is 3.62. The Labute approximate surface area is 186 Å². The van der Waals surface area contributed by atoms with Crippen LogP contribution in [0.2, 0.25) is 0 Å². The Kier molecular flexibility index (Phi) is 7.12. The van der Waals surface area contributed by atoms with Gasteiger partial charge in [0.2, 0.25) is 5.91 Å². The van der Waals surface area contributed by atoms with Crippen molar-refractivity contribution in [2.75, 3.05) is 33.7 Å². The molecule has 0 bridgehead atoms. The third-order valence-electron chi connectivity index (χ3n) is 5.89. The van der Waals surface area contributed by atoms with Gasteiger partial charge in [0.25, 0.3) is 6.47 Å². The van der Waals surface area contributed by atoms with Crippen LogP contribution in [0.25, 0.3) is 0 Å². The molecule has 1 aromatic heterocycles. The molecule has 32 heavy (non-hydrogen) atoms. The number of aryl methyl sites for hydroxylation is 1. The van der Waals surface area contributed by atoms with Crippen LogP contribution in [-0.2, 0) is 16.1 Å². The Bertz CT molecular complexity index is 979. The van der Waals surface area contributed by atoms with E-state index in [0.29, 0.717) is 19.6 Å². The molecule has 9 nitrogen and oxygen atoms in total. The Morgan fingerprint density at radius 3 is 2.59 bits per heavy atom. The third kappa shape index (κ3) is 4.90. The van der Waals surface area contributed by atoms with Gasteiger partial charge in [-0.2, -0.15) is 5.10 Å². The molecule has 3 atom stereocenters. The number of carboxylic acid groups (broad SMARTS) is 1. The summed E-state index contributed by atoms with van der Waals surface area (Å²) in [6.07, 6.45) is 3.58. The van der Waals surface area contributed by atoms with Crippen LogP contribution in [0.5, 0.6) is 0 Å². The summed E-state index contributed by atoms with van der Waals surface area (Å²) in [5, 5.41) is 11.1. The highest BCUT2D eigenvalue weighted by atomic mass is 19.1. The summed E-state index contributed by atoms with van der Waals surface area (Å²) in [4.78, 5) is 39.2. The number of urea groups is 1. The maximum atomic E-state index is 13.9. The van der Waals surface area contributed by atoms with Gasteiger partial charge in [0.05, 0.1) is 12.2 Å². The third-order valence-corrected chi connectivity index (χ3v) is 5.89. The van der Waals surface area contributed by atoms with E-state index in [-0.39, 0.29) is 48.7 Å². The van der Waals surface area contributed by atoms with Gasteiger partial charge < -0.3 is 19.8 Å². The number of hydrogen-bond donors (Lipinski definition) is 1. The van der Waals surface area contributed by atoms with Crippen molar-refractivity contribution in [1.82, 2.24) is 24.5 Å². The average molecular weight is 445 g/mol. The molecule has 172 valence electrons. The van der Waals surface area contributed by atoms with Crippen molar-refractivity contribution in [3.8, 4) is 0 Å². The van der Waals surface area contributed by atoms with E-state index in [0.717, 1.165) is 11.1 Å². The molecule has 0 spiro atoms. The first-order chi connectivity index (χ1) is 15.2. The van der Waals surface area contributed by atoms with Crippen molar-refractivity contribution in [1.29, 1.82) is 0 Å². The highest BCUT2D eigenvalue weighted by Gasteiger charge is 2.50. The van der Waals surface area contributed by atoms with Crippen LogP contribution in [0.1, 0.15) is 17.2 Å². The van der Waals surface area contributed by atoms with E-state index in [9.17, 15) is 14.0 Å². The molecule has 0 unspecified atom stereocenters. The zero-order valence-electron chi connectivity index (χ0n) is 18.4. The van der Waals surface area contributed by atoms with Gasteiger partial charge in [0, 0.05) is 51.8 Å². The standard InChI is InChI=1S/C21H26FN5O2.CH2O2/c1-14-8-23-26(9-14)13-19(28)25-10-16-11-27(21(29)24(2)3)20(18(16)12-25)15-5-4-6-17(22)7-15;2-1-3/h4-9,16,18,20H,10-13H2,1-3H3;1H,(H,2,3)/t16-,18-,20+;/m1./s1. The molecule has 4 rings (SSSR count). The van der Waals surface area contributed by atoms with Crippen LogP contribution in [0.4, 0.5) is 9.18 Å². The van der Waals surface area contributed by atoms with Crippen molar-refractivity contribution in [3.05, 3.63) is 53.6 Å². The minimum atomic E-state index is -0.316. The number of rotatable bonds is 3. The van der Waals surface area contributed by atoms with Crippen molar-refractivity contribution in [2.24, 2.45) is 11.8 Å². The van der Waals surface area contributed by atoms with E-state index in [1.54, 1.807) is 35.9 Å². The smallest absolute Gasteiger partial charge is 0.320 e. The molecule has 2 saturated heterocycles. The molecule has 2 aromatic rings. The van der Waals surface area contributed by atoms with Crippen LogP contribution in [-0.4, -0.2) is 81.7 Å². The molecule has 2 aliphatic rings. The Balaban J connectivity index is 0.000000913. The molecule has 1 aromatic carbocycles. The molecule has 3 heterocycles. The molecule has 2 fully saturated rings. The molecule has 1 N–H and O–H groups in total. The maximum absolute atomic E-state index is 13.9. The number of benzene rings is 1. The largest absolute Gasteiger partial charge is 0.483 e. The molecule has 0 radical (unpaired) electrons.